The number of nitrogens with one attached hydrogen (secondary N) is 1. The number of ether oxygens (including phenoxy) is 1. The van der Waals surface area contributed by atoms with Crippen molar-refractivity contribution in [3.8, 4) is 11.3 Å². The summed E-state index contributed by atoms with van der Waals surface area (Å²) in [5.41, 5.74) is 1.63. The molecule has 1 aromatic heterocycles. The number of amides is 2. The van der Waals surface area contributed by atoms with Crippen LogP contribution in [0.15, 0.2) is 46.2 Å². The molecule has 1 atom stereocenters. The average Bonchev–Trinajstić information content (AvgIpc) is 3.37. The Balaban J connectivity index is 1.82. The van der Waals surface area contributed by atoms with Crippen LogP contribution in [-0.2, 0) is 11.3 Å². The van der Waals surface area contributed by atoms with Gasteiger partial charge in [0, 0.05) is 30.8 Å². The first-order valence-corrected chi connectivity index (χ1v) is 9.98. The Labute approximate surface area is 174 Å². The molecule has 2 aliphatic heterocycles. The molecule has 8 nitrogen and oxygen atoms in total. The van der Waals surface area contributed by atoms with Crippen molar-refractivity contribution in [2.75, 3.05) is 26.3 Å². The minimum atomic E-state index is -0.436. The largest absolute Gasteiger partial charge is 0.453 e. The molecule has 9 heteroatoms. The van der Waals surface area contributed by atoms with Gasteiger partial charge < -0.3 is 14.6 Å². The zero-order valence-corrected chi connectivity index (χ0v) is 17.0. The van der Waals surface area contributed by atoms with E-state index in [0.717, 1.165) is 13.1 Å². The standard InChI is InChI=1S/C21H24FN5O3/c1-15(2)24-21(28)27(11-3-8-23-27)20-18(14-26-9-12-29-13-10-26)30-25-19(20)16-4-6-17(22)7-5-16/h3-8,11,15H,9-10,12-14H2,1-2H3/p+1. The fourth-order valence-electron chi connectivity index (χ4n) is 3.58. The quantitative estimate of drug-likeness (QED) is 0.760. The van der Waals surface area contributed by atoms with E-state index in [0.29, 0.717) is 42.5 Å². The molecule has 0 saturated carbocycles. The van der Waals surface area contributed by atoms with Gasteiger partial charge in [-0.1, -0.05) is 14.9 Å². The van der Waals surface area contributed by atoms with Gasteiger partial charge in [0.15, 0.2) is 5.69 Å². The van der Waals surface area contributed by atoms with Crippen molar-refractivity contribution in [2.24, 2.45) is 5.10 Å². The Morgan fingerprint density at radius 2 is 2.00 bits per heavy atom. The number of benzene rings is 1. The number of quaternary nitrogens is 1. The minimum absolute atomic E-state index is 0.0754. The molecule has 1 unspecified atom stereocenters. The van der Waals surface area contributed by atoms with Crippen molar-refractivity contribution < 1.29 is 18.4 Å². The third kappa shape index (κ3) is 3.91. The van der Waals surface area contributed by atoms with Crippen LogP contribution < -0.4 is 9.91 Å². The third-order valence-corrected chi connectivity index (χ3v) is 5.02. The van der Waals surface area contributed by atoms with Gasteiger partial charge in [-0.3, -0.25) is 4.90 Å². The molecule has 1 N–H and O–H groups in total. The van der Waals surface area contributed by atoms with Gasteiger partial charge in [-0.05, 0) is 38.1 Å². The van der Waals surface area contributed by atoms with Gasteiger partial charge in [0.1, 0.15) is 12.0 Å². The number of halogens is 1. The summed E-state index contributed by atoms with van der Waals surface area (Å²) in [6, 6.07) is 5.57. The molecule has 2 aromatic rings. The topological polar surface area (TPSA) is 80.0 Å². The van der Waals surface area contributed by atoms with E-state index in [2.05, 4.69) is 20.5 Å². The van der Waals surface area contributed by atoms with Crippen LogP contribution in [0, 0.1) is 5.82 Å². The Hall–Kier alpha value is -2.88. The second-order valence-electron chi connectivity index (χ2n) is 7.59. The molecule has 4 rings (SSSR count). The first-order chi connectivity index (χ1) is 14.5. The molecule has 0 spiro atoms. The van der Waals surface area contributed by atoms with Gasteiger partial charge in [-0.25, -0.2) is 9.18 Å². The molecule has 1 aromatic carbocycles. The highest BCUT2D eigenvalue weighted by molar-refractivity contribution is 5.97. The van der Waals surface area contributed by atoms with Crippen molar-refractivity contribution in [3.63, 3.8) is 0 Å². The molecule has 1 saturated heterocycles. The second-order valence-corrected chi connectivity index (χ2v) is 7.59. The molecule has 30 heavy (non-hydrogen) atoms. The Bertz CT molecular complexity index is 950. The lowest BCUT2D eigenvalue weighted by atomic mass is 10.1. The molecule has 3 heterocycles. The maximum Gasteiger partial charge on any atom is 0.453 e. The first-order valence-electron chi connectivity index (χ1n) is 9.98. The Kier molecular flexibility index (Phi) is 5.76. The van der Waals surface area contributed by atoms with Gasteiger partial charge in [0.2, 0.25) is 11.4 Å². The number of rotatable bonds is 5. The van der Waals surface area contributed by atoms with E-state index in [4.69, 9.17) is 9.26 Å². The van der Waals surface area contributed by atoms with E-state index in [1.54, 1.807) is 30.6 Å². The summed E-state index contributed by atoms with van der Waals surface area (Å²) in [5, 5.41) is 11.7. The normalized spacial score (nSPS) is 21.5. The Morgan fingerprint density at radius 3 is 2.63 bits per heavy atom. The van der Waals surface area contributed by atoms with Crippen LogP contribution in [0.4, 0.5) is 14.9 Å². The van der Waals surface area contributed by atoms with Crippen molar-refractivity contribution >= 4 is 17.9 Å². The lowest BCUT2D eigenvalue weighted by Crippen LogP contribution is -2.52. The fraction of sp³-hybridized carbons (Fsp3) is 0.381. The number of morpholine rings is 1. The monoisotopic (exact) mass is 414 g/mol. The van der Waals surface area contributed by atoms with E-state index in [-0.39, 0.29) is 17.9 Å². The van der Waals surface area contributed by atoms with Crippen LogP contribution in [0.25, 0.3) is 11.3 Å². The van der Waals surface area contributed by atoms with E-state index >= 15 is 0 Å². The Morgan fingerprint density at radius 1 is 1.27 bits per heavy atom. The highest BCUT2D eigenvalue weighted by atomic mass is 19.1. The van der Waals surface area contributed by atoms with Gasteiger partial charge >= 0.3 is 6.03 Å². The van der Waals surface area contributed by atoms with Gasteiger partial charge in [-0.15, -0.1) is 0 Å². The van der Waals surface area contributed by atoms with Gasteiger partial charge in [0.25, 0.3) is 0 Å². The summed E-state index contributed by atoms with van der Waals surface area (Å²) in [6.45, 7) is 7.03. The summed E-state index contributed by atoms with van der Waals surface area (Å²) in [4.78, 5) is 15.5. The second kappa shape index (κ2) is 8.47. The number of allylic oxidation sites excluding steroid dienone is 1. The molecular weight excluding hydrogens is 389 g/mol. The lowest BCUT2D eigenvalue weighted by molar-refractivity contribution is 0.0304. The summed E-state index contributed by atoms with van der Waals surface area (Å²) >= 11 is 0. The predicted octanol–water partition coefficient (Wildman–Crippen LogP) is 3.25. The molecule has 0 aliphatic carbocycles. The van der Waals surface area contributed by atoms with E-state index in [9.17, 15) is 9.18 Å². The van der Waals surface area contributed by atoms with Gasteiger partial charge in [-0.2, -0.15) is 0 Å². The maximum absolute atomic E-state index is 13.5. The van der Waals surface area contributed by atoms with Crippen molar-refractivity contribution in [2.45, 2.75) is 26.4 Å². The van der Waals surface area contributed by atoms with Crippen molar-refractivity contribution in [1.29, 1.82) is 0 Å². The number of carbonyl (C=O) groups excluding carboxylic acids is 1. The highest BCUT2D eigenvalue weighted by Gasteiger charge is 2.47. The van der Waals surface area contributed by atoms with Crippen molar-refractivity contribution in [3.05, 3.63) is 48.1 Å². The third-order valence-electron chi connectivity index (χ3n) is 5.02. The van der Waals surface area contributed by atoms with E-state index in [1.807, 2.05) is 13.8 Å². The van der Waals surface area contributed by atoms with Crippen LogP contribution >= 0.6 is 0 Å². The number of urea groups is 1. The summed E-state index contributed by atoms with van der Waals surface area (Å²) in [7, 11) is 0. The van der Waals surface area contributed by atoms with Crippen LogP contribution in [0.1, 0.15) is 19.6 Å². The first kappa shape index (κ1) is 20.4. The highest BCUT2D eigenvalue weighted by Crippen LogP contribution is 2.41. The number of hydrogen-bond donors (Lipinski definition) is 1. The van der Waals surface area contributed by atoms with Gasteiger partial charge in [0.05, 0.1) is 26.0 Å². The number of aromatic nitrogens is 1. The minimum Gasteiger partial charge on any atom is -0.379 e. The van der Waals surface area contributed by atoms with Crippen LogP contribution in [0.2, 0.25) is 0 Å². The van der Waals surface area contributed by atoms with E-state index in [1.165, 1.54) is 12.1 Å². The summed E-state index contributed by atoms with van der Waals surface area (Å²) in [5.74, 6) is 0.191. The molecule has 1 fully saturated rings. The molecule has 2 aliphatic rings. The van der Waals surface area contributed by atoms with Crippen LogP contribution in [0.3, 0.4) is 0 Å². The zero-order valence-electron chi connectivity index (χ0n) is 17.0. The maximum atomic E-state index is 13.5. The SMILES string of the molecule is CC(C)NC(=O)[N+]1(c2c(-c3ccc(F)cc3)noc2CN2CCOCC2)C=CC=N1. The predicted molar refractivity (Wildman–Crippen MR) is 111 cm³/mol. The summed E-state index contributed by atoms with van der Waals surface area (Å²) in [6.07, 6.45) is 5.00. The van der Waals surface area contributed by atoms with Crippen LogP contribution in [-0.4, -0.2) is 54.6 Å². The fourth-order valence-corrected chi connectivity index (χ4v) is 3.58. The molecule has 158 valence electrons. The smallest absolute Gasteiger partial charge is 0.379 e. The van der Waals surface area contributed by atoms with Crippen molar-refractivity contribution in [1.82, 2.24) is 20.0 Å². The summed E-state index contributed by atoms with van der Waals surface area (Å²) < 4.78 is 24.2. The number of nitrogens with zero attached hydrogens (tertiary/aromatic N) is 4. The van der Waals surface area contributed by atoms with Crippen LogP contribution in [0.5, 0.6) is 0 Å². The zero-order chi connectivity index (χ0) is 21.1. The average molecular weight is 414 g/mol. The molecule has 2 amide bonds. The number of carbonyl (C=O) groups is 1. The number of hydrogen-bond acceptors (Lipinski definition) is 6. The lowest BCUT2D eigenvalue weighted by Gasteiger charge is -2.27. The molecule has 0 radical (unpaired) electrons. The van der Waals surface area contributed by atoms with E-state index < -0.39 is 4.59 Å². The molecule has 0 bridgehead atoms. The molecular formula is C21H25FN5O3+.